The molecule has 80 valence electrons. The SMILES string of the molecule is CCCc1cnc(-c2noc(=O)[nH]2)n1C. The van der Waals surface area contributed by atoms with Crippen molar-refractivity contribution in [1.29, 1.82) is 0 Å². The number of imidazole rings is 1. The number of hydrogen-bond acceptors (Lipinski definition) is 4. The first kappa shape index (κ1) is 9.70. The Labute approximate surface area is 85.9 Å². The minimum atomic E-state index is -0.565. The molecular formula is C9H12N4O2. The van der Waals surface area contributed by atoms with Gasteiger partial charge in [0.25, 0.3) is 0 Å². The number of nitrogens with zero attached hydrogens (tertiary/aromatic N) is 3. The van der Waals surface area contributed by atoms with Crippen LogP contribution in [0.1, 0.15) is 19.0 Å². The van der Waals surface area contributed by atoms with Gasteiger partial charge in [-0.25, -0.2) is 9.78 Å². The molecule has 0 aromatic carbocycles. The molecular weight excluding hydrogens is 196 g/mol. The zero-order chi connectivity index (χ0) is 10.8. The summed E-state index contributed by atoms with van der Waals surface area (Å²) in [6.07, 6.45) is 3.78. The zero-order valence-electron chi connectivity index (χ0n) is 8.65. The van der Waals surface area contributed by atoms with Crippen molar-refractivity contribution in [2.75, 3.05) is 0 Å². The summed E-state index contributed by atoms with van der Waals surface area (Å²) >= 11 is 0. The second-order valence-corrected chi connectivity index (χ2v) is 3.33. The first-order valence-corrected chi connectivity index (χ1v) is 4.79. The van der Waals surface area contributed by atoms with Crippen LogP contribution in [-0.2, 0) is 13.5 Å². The molecule has 0 fully saturated rings. The predicted octanol–water partition coefficient (Wildman–Crippen LogP) is 0.716. The average Bonchev–Trinajstić information content (AvgIpc) is 2.76. The molecule has 6 nitrogen and oxygen atoms in total. The Bertz CT molecular complexity index is 508. The minimum Gasteiger partial charge on any atom is -0.328 e. The largest absolute Gasteiger partial charge is 0.439 e. The van der Waals surface area contributed by atoms with E-state index < -0.39 is 5.76 Å². The summed E-state index contributed by atoms with van der Waals surface area (Å²) in [5.41, 5.74) is 1.11. The fourth-order valence-electron chi connectivity index (χ4n) is 1.48. The van der Waals surface area contributed by atoms with E-state index in [9.17, 15) is 4.79 Å². The summed E-state index contributed by atoms with van der Waals surface area (Å²) in [6, 6.07) is 0. The molecule has 0 bridgehead atoms. The third-order valence-corrected chi connectivity index (χ3v) is 2.24. The fraction of sp³-hybridized carbons (Fsp3) is 0.444. The molecule has 6 heteroatoms. The Morgan fingerprint density at radius 2 is 2.40 bits per heavy atom. The fourth-order valence-corrected chi connectivity index (χ4v) is 1.48. The van der Waals surface area contributed by atoms with Crippen LogP contribution in [0.5, 0.6) is 0 Å². The molecule has 2 heterocycles. The van der Waals surface area contributed by atoms with E-state index in [4.69, 9.17) is 0 Å². The molecule has 2 aromatic rings. The second-order valence-electron chi connectivity index (χ2n) is 3.33. The van der Waals surface area contributed by atoms with E-state index >= 15 is 0 Å². The zero-order valence-corrected chi connectivity index (χ0v) is 8.65. The van der Waals surface area contributed by atoms with Gasteiger partial charge in [-0.05, 0) is 6.42 Å². The quantitative estimate of drug-likeness (QED) is 0.806. The van der Waals surface area contributed by atoms with Gasteiger partial charge in [-0.3, -0.25) is 9.51 Å². The summed E-state index contributed by atoms with van der Waals surface area (Å²) in [6.45, 7) is 2.10. The number of H-pyrrole nitrogens is 1. The van der Waals surface area contributed by atoms with E-state index in [0.717, 1.165) is 18.5 Å². The number of aromatic nitrogens is 4. The van der Waals surface area contributed by atoms with Crippen molar-refractivity contribution in [3.05, 3.63) is 22.4 Å². The number of hydrogen-bond donors (Lipinski definition) is 1. The van der Waals surface area contributed by atoms with Crippen molar-refractivity contribution in [2.45, 2.75) is 19.8 Å². The molecule has 0 aliphatic rings. The molecule has 15 heavy (non-hydrogen) atoms. The van der Waals surface area contributed by atoms with Crippen molar-refractivity contribution in [3.63, 3.8) is 0 Å². The molecule has 1 N–H and O–H groups in total. The lowest BCUT2D eigenvalue weighted by Gasteiger charge is -2.01. The Hall–Kier alpha value is -1.85. The molecule has 0 amide bonds. The molecule has 0 unspecified atom stereocenters. The van der Waals surface area contributed by atoms with E-state index in [1.54, 1.807) is 6.20 Å². The van der Waals surface area contributed by atoms with E-state index in [1.807, 2.05) is 11.6 Å². The lowest BCUT2D eigenvalue weighted by atomic mass is 10.3. The maximum absolute atomic E-state index is 10.8. The first-order chi connectivity index (χ1) is 7.22. The van der Waals surface area contributed by atoms with Gasteiger partial charge in [0.05, 0.1) is 0 Å². The van der Waals surface area contributed by atoms with Crippen LogP contribution in [0.15, 0.2) is 15.5 Å². The van der Waals surface area contributed by atoms with Gasteiger partial charge in [-0.2, -0.15) is 0 Å². The third-order valence-electron chi connectivity index (χ3n) is 2.24. The van der Waals surface area contributed by atoms with E-state index in [-0.39, 0.29) is 0 Å². The summed E-state index contributed by atoms with van der Waals surface area (Å²) in [4.78, 5) is 17.4. The van der Waals surface area contributed by atoms with Gasteiger partial charge in [0, 0.05) is 18.9 Å². The van der Waals surface area contributed by atoms with Crippen LogP contribution in [0.4, 0.5) is 0 Å². The van der Waals surface area contributed by atoms with Crippen LogP contribution in [0, 0.1) is 0 Å². The minimum absolute atomic E-state index is 0.366. The van der Waals surface area contributed by atoms with Gasteiger partial charge in [-0.15, -0.1) is 0 Å². The van der Waals surface area contributed by atoms with E-state index in [1.165, 1.54) is 0 Å². The molecule has 2 rings (SSSR count). The summed E-state index contributed by atoms with van der Waals surface area (Å²) in [5.74, 6) is 0.416. The molecule has 0 spiro atoms. The molecule has 0 aliphatic carbocycles. The predicted molar refractivity (Wildman–Crippen MR) is 53.3 cm³/mol. The van der Waals surface area contributed by atoms with Gasteiger partial charge in [0.1, 0.15) is 0 Å². The number of nitrogens with one attached hydrogen (secondary N) is 1. The lowest BCUT2D eigenvalue weighted by Crippen LogP contribution is -2.01. The standard InChI is InChI=1S/C9H12N4O2/c1-3-4-6-5-10-8(13(6)2)7-11-9(14)15-12-7/h5H,3-4H2,1-2H3,(H,11,12,14). The number of aromatic amines is 1. The summed E-state index contributed by atoms with van der Waals surface area (Å²) in [5, 5.41) is 3.59. The van der Waals surface area contributed by atoms with Crippen LogP contribution < -0.4 is 5.76 Å². The average molecular weight is 208 g/mol. The maximum atomic E-state index is 10.8. The Balaban J connectivity index is 2.41. The smallest absolute Gasteiger partial charge is 0.328 e. The molecule has 0 saturated carbocycles. The van der Waals surface area contributed by atoms with Gasteiger partial charge in [0.15, 0.2) is 5.82 Å². The number of aryl methyl sites for hydroxylation is 1. The topological polar surface area (TPSA) is 76.7 Å². The van der Waals surface area contributed by atoms with Gasteiger partial charge in [0.2, 0.25) is 5.82 Å². The monoisotopic (exact) mass is 208 g/mol. The molecule has 0 radical (unpaired) electrons. The number of rotatable bonds is 3. The maximum Gasteiger partial charge on any atom is 0.439 e. The normalized spacial score (nSPS) is 10.8. The highest BCUT2D eigenvalue weighted by Crippen LogP contribution is 2.13. The summed E-state index contributed by atoms with van der Waals surface area (Å²) in [7, 11) is 1.89. The van der Waals surface area contributed by atoms with Crippen molar-refractivity contribution in [1.82, 2.24) is 19.7 Å². The highest BCUT2D eigenvalue weighted by atomic mass is 16.5. The van der Waals surface area contributed by atoms with Crippen LogP contribution in [0.25, 0.3) is 11.6 Å². The van der Waals surface area contributed by atoms with Gasteiger partial charge < -0.3 is 4.57 Å². The van der Waals surface area contributed by atoms with E-state index in [0.29, 0.717) is 11.6 Å². The van der Waals surface area contributed by atoms with Crippen molar-refractivity contribution in [2.24, 2.45) is 7.05 Å². The van der Waals surface area contributed by atoms with Crippen molar-refractivity contribution >= 4 is 0 Å². The highest BCUT2D eigenvalue weighted by Gasteiger charge is 2.12. The van der Waals surface area contributed by atoms with Gasteiger partial charge >= 0.3 is 5.76 Å². The van der Waals surface area contributed by atoms with Crippen LogP contribution in [-0.4, -0.2) is 19.7 Å². The Kier molecular flexibility index (Phi) is 2.40. The second kappa shape index (κ2) is 3.72. The van der Waals surface area contributed by atoms with Crippen molar-refractivity contribution < 1.29 is 4.52 Å². The van der Waals surface area contributed by atoms with Crippen LogP contribution in [0.2, 0.25) is 0 Å². The highest BCUT2D eigenvalue weighted by molar-refractivity contribution is 5.43. The molecule has 0 saturated heterocycles. The third kappa shape index (κ3) is 1.70. The molecule has 0 atom stereocenters. The summed E-state index contributed by atoms with van der Waals surface area (Å²) < 4.78 is 6.33. The van der Waals surface area contributed by atoms with Crippen LogP contribution >= 0.6 is 0 Å². The lowest BCUT2D eigenvalue weighted by molar-refractivity contribution is 0.387. The Morgan fingerprint density at radius 1 is 1.60 bits per heavy atom. The molecule has 2 aromatic heterocycles. The van der Waals surface area contributed by atoms with Crippen molar-refractivity contribution in [3.8, 4) is 11.6 Å². The molecule has 0 aliphatic heterocycles. The van der Waals surface area contributed by atoms with E-state index in [2.05, 4.69) is 26.6 Å². The Morgan fingerprint density at radius 3 is 3.00 bits per heavy atom. The van der Waals surface area contributed by atoms with Crippen LogP contribution in [0.3, 0.4) is 0 Å². The van der Waals surface area contributed by atoms with Gasteiger partial charge in [-0.1, -0.05) is 18.5 Å². The first-order valence-electron chi connectivity index (χ1n) is 4.79.